The molecule has 0 unspecified atom stereocenters. The van der Waals surface area contributed by atoms with E-state index in [-0.39, 0.29) is 11.1 Å². The van der Waals surface area contributed by atoms with Crippen molar-refractivity contribution >= 4 is 34.9 Å². The number of hydrogen-bond acceptors (Lipinski definition) is 9. The lowest BCUT2D eigenvalue weighted by Crippen LogP contribution is -2.38. The molecule has 180 valence electrons. The number of nitrogens with zero attached hydrogens (tertiary/aromatic N) is 5. The lowest BCUT2D eigenvalue weighted by molar-refractivity contribution is -0.115. The van der Waals surface area contributed by atoms with E-state index in [2.05, 4.69) is 40.7 Å². The van der Waals surface area contributed by atoms with E-state index in [0.717, 1.165) is 44.2 Å². The molecule has 0 aromatic carbocycles. The van der Waals surface area contributed by atoms with E-state index in [9.17, 15) is 14.0 Å². The number of hydrogen-bond donors (Lipinski definition) is 3. The van der Waals surface area contributed by atoms with Gasteiger partial charge in [-0.25, -0.2) is 19.3 Å². The predicted molar refractivity (Wildman–Crippen MR) is 130 cm³/mol. The van der Waals surface area contributed by atoms with E-state index < -0.39 is 5.91 Å². The fraction of sp³-hybridized carbons (Fsp3) is 0.304. The van der Waals surface area contributed by atoms with Crippen LogP contribution >= 0.6 is 11.8 Å². The van der Waals surface area contributed by atoms with Crippen LogP contribution in [0.5, 0.6) is 0 Å². The van der Waals surface area contributed by atoms with Crippen molar-refractivity contribution in [3.05, 3.63) is 58.8 Å². The summed E-state index contributed by atoms with van der Waals surface area (Å²) < 4.78 is 14.0. The van der Waals surface area contributed by atoms with Gasteiger partial charge in [-0.15, -0.1) is 0 Å². The molecule has 10 nitrogen and oxygen atoms in total. The Hall–Kier alpha value is -3.64. The third-order valence-corrected chi connectivity index (χ3v) is 6.65. The highest BCUT2D eigenvalue weighted by molar-refractivity contribution is 8.18. The quantitative estimate of drug-likeness (QED) is 0.425. The first-order valence-corrected chi connectivity index (χ1v) is 12.0. The highest BCUT2D eigenvalue weighted by atomic mass is 32.2. The molecule has 0 bridgehead atoms. The van der Waals surface area contributed by atoms with Gasteiger partial charge in [0.15, 0.2) is 0 Å². The van der Waals surface area contributed by atoms with E-state index in [0.29, 0.717) is 46.1 Å². The van der Waals surface area contributed by atoms with Crippen molar-refractivity contribution < 1.29 is 14.0 Å². The Labute approximate surface area is 204 Å². The van der Waals surface area contributed by atoms with Crippen molar-refractivity contribution in [2.24, 2.45) is 5.92 Å². The molecule has 3 aromatic heterocycles. The van der Waals surface area contributed by atoms with Gasteiger partial charge >= 0.3 is 0 Å². The molecule has 5 rings (SSSR count). The van der Waals surface area contributed by atoms with Gasteiger partial charge in [-0.05, 0) is 61.3 Å². The maximum absolute atomic E-state index is 14.0. The second-order valence-corrected chi connectivity index (χ2v) is 9.34. The highest BCUT2D eigenvalue weighted by Gasteiger charge is 2.25. The van der Waals surface area contributed by atoms with E-state index >= 15 is 0 Å². The predicted octanol–water partition coefficient (Wildman–Crippen LogP) is 2.73. The Morgan fingerprint density at radius 3 is 2.77 bits per heavy atom. The largest absolute Gasteiger partial charge is 0.341 e. The fourth-order valence-electron chi connectivity index (χ4n) is 4.07. The van der Waals surface area contributed by atoms with Crippen molar-refractivity contribution in [3.63, 3.8) is 0 Å². The smallest absolute Gasteiger partial charge is 0.290 e. The van der Waals surface area contributed by atoms with Crippen molar-refractivity contribution in [2.45, 2.75) is 19.4 Å². The minimum absolute atomic E-state index is 0.327. The number of aromatic amines is 1. The number of nitrogens with one attached hydrogen (secondary N) is 3. The summed E-state index contributed by atoms with van der Waals surface area (Å²) in [6.45, 7) is 2.90. The number of carbonyl (C=O) groups excluding carboxylic acids is 2. The average Bonchev–Trinajstić information content (AvgIpc) is 3.49. The van der Waals surface area contributed by atoms with Crippen LogP contribution in [-0.4, -0.2) is 55.9 Å². The Bertz CT molecular complexity index is 1260. The Morgan fingerprint density at radius 1 is 1.17 bits per heavy atom. The maximum Gasteiger partial charge on any atom is 0.290 e. The first-order valence-electron chi connectivity index (χ1n) is 11.2. The molecule has 2 aliphatic heterocycles. The molecule has 35 heavy (non-hydrogen) atoms. The standard InChI is InChI=1S/C23H23FN8O2S/c24-15-9-17(28-19(10-15)18-2-6-27-31-18)13-25-12-14-3-7-32(8-4-14)22-26-5-1-16(29-22)11-20-21(33)30-23(34)35-20/h1-2,5-6,9-11,14,25H,3-4,7-8,12-13H2,(H,27,31)(H,30,33,34)/b20-11-. The second kappa shape index (κ2) is 10.3. The Balaban J connectivity index is 1.12. The third kappa shape index (κ3) is 5.72. The topological polar surface area (TPSA) is 129 Å². The van der Waals surface area contributed by atoms with Gasteiger partial charge in [-0.1, -0.05) is 0 Å². The van der Waals surface area contributed by atoms with E-state index in [1.165, 1.54) is 12.1 Å². The third-order valence-electron chi connectivity index (χ3n) is 5.84. The summed E-state index contributed by atoms with van der Waals surface area (Å²) in [7, 11) is 0. The minimum Gasteiger partial charge on any atom is -0.341 e. The van der Waals surface area contributed by atoms with Gasteiger partial charge in [0.05, 0.1) is 27.7 Å². The number of carbonyl (C=O) groups is 2. The van der Waals surface area contributed by atoms with Crippen LogP contribution in [0.25, 0.3) is 17.5 Å². The monoisotopic (exact) mass is 494 g/mol. The number of thioether (sulfide) groups is 1. The van der Waals surface area contributed by atoms with Crippen LogP contribution in [0.3, 0.4) is 0 Å². The summed E-state index contributed by atoms with van der Waals surface area (Å²) in [4.78, 5) is 39.0. The number of anilines is 1. The summed E-state index contributed by atoms with van der Waals surface area (Å²) in [5.74, 6) is 0.350. The molecule has 0 atom stereocenters. The molecule has 0 spiro atoms. The molecule has 2 fully saturated rings. The number of imide groups is 1. The van der Waals surface area contributed by atoms with Crippen LogP contribution in [-0.2, 0) is 11.3 Å². The van der Waals surface area contributed by atoms with Crippen molar-refractivity contribution in [2.75, 3.05) is 24.5 Å². The molecular formula is C23H23FN8O2S. The maximum atomic E-state index is 14.0. The lowest BCUT2D eigenvalue weighted by Gasteiger charge is -2.32. The number of amides is 2. The molecule has 2 amide bonds. The Morgan fingerprint density at radius 2 is 2.03 bits per heavy atom. The zero-order valence-electron chi connectivity index (χ0n) is 18.7. The van der Waals surface area contributed by atoms with Crippen molar-refractivity contribution in [1.29, 1.82) is 0 Å². The lowest BCUT2D eigenvalue weighted by atomic mass is 9.97. The number of halogens is 1. The van der Waals surface area contributed by atoms with Gasteiger partial charge in [0.25, 0.3) is 11.1 Å². The van der Waals surface area contributed by atoms with Gasteiger partial charge in [-0.3, -0.25) is 20.0 Å². The van der Waals surface area contributed by atoms with Crippen LogP contribution in [0.15, 0.2) is 41.6 Å². The summed E-state index contributed by atoms with van der Waals surface area (Å²) in [5, 5.41) is 12.0. The van der Waals surface area contributed by atoms with Gasteiger partial charge < -0.3 is 10.2 Å². The molecule has 0 aliphatic carbocycles. The summed E-state index contributed by atoms with van der Waals surface area (Å²) in [6, 6.07) is 6.30. The zero-order valence-corrected chi connectivity index (χ0v) is 19.5. The molecule has 2 saturated heterocycles. The van der Waals surface area contributed by atoms with E-state index in [1.807, 2.05) is 0 Å². The number of H-pyrrole nitrogens is 1. The molecule has 3 aromatic rings. The van der Waals surface area contributed by atoms with E-state index in [4.69, 9.17) is 0 Å². The number of rotatable bonds is 7. The molecule has 0 radical (unpaired) electrons. The molecule has 2 aliphatic rings. The SMILES string of the molecule is O=C1NC(=O)/C(=C/c2ccnc(N3CCC(CNCc4cc(F)cc(-c5ccn[nH]5)n4)CC3)n2)S1. The van der Waals surface area contributed by atoms with Crippen LogP contribution < -0.4 is 15.5 Å². The number of aromatic nitrogens is 5. The van der Waals surface area contributed by atoms with Crippen LogP contribution in [0, 0.1) is 11.7 Å². The number of piperidine rings is 1. The summed E-state index contributed by atoms with van der Waals surface area (Å²) in [6.07, 6.45) is 6.80. The zero-order chi connectivity index (χ0) is 24.2. The molecule has 3 N–H and O–H groups in total. The van der Waals surface area contributed by atoms with Crippen molar-refractivity contribution in [3.8, 4) is 11.4 Å². The van der Waals surface area contributed by atoms with E-state index in [1.54, 1.807) is 30.6 Å². The first kappa shape index (κ1) is 23.1. The van der Waals surface area contributed by atoms with Gasteiger partial charge in [0, 0.05) is 38.1 Å². The molecular weight excluding hydrogens is 471 g/mol. The second-order valence-electron chi connectivity index (χ2n) is 8.33. The van der Waals surface area contributed by atoms with Crippen LogP contribution in [0.4, 0.5) is 15.1 Å². The van der Waals surface area contributed by atoms with Crippen LogP contribution in [0.2, 0.25) is 0 Å². The average molecular weight is 495 g/mol. The first-order chi connectivity index (χ1) is 17.0. The normalized spacial score (nSPS) is 17.9. The number of pyridine rings is 1. The van der Waals surface area contributed by atoms with Gasteiger partial charge in [0.2, 0.25) is 5.95 Å². The summed E-state index contributed by atoms with van der Waals surface area (Å²) >= 11 is 0.868. The minimum atomic E-state index is -0.403. The highest BCUT2D eigenvalue weighted by Crippen LogP contribution is 2.26. The van der Waals surface area contributed by atoms with Crippen LogP contribution in [0.1, 0.15) is 24.2 Å². The molecule has 5 heterocycles. The van der Waals surface area contributed by atoms with Gasteiger partial charge in [-0.2, -0.15) is 5.10 Å². The summed E-state index contributed by atoms with van der Waals surface area (Å²) in [5.41, 5.74) is 2.44. The molecule has 0 saturated carbocycles. The Kier molecular flexibility index (Phi) is 6.82. The van der Waals surface area contributed by atoms with Gasteiger partial charge in [0.1, 0.15) is 5.82 Å². The van der Waals surface area contributed by atoms with Crippen molar-refractivity contribution in [1.82, 2.24) is 35.8 Å². The molecule has 12 heteroatoms. The fourth-order valence-corrected chi connectivity index (χ4v) is 4.74.